The normalized spacial score (nSPS) is 11.6. The van der Waals surface area contributed by atoms with Gasteiger partial charge in [0.15, 0.2) is 0 Å². The maximum absolute atomic E-state index is 11.6. The lowest BCUT2D eigenvalue weighted by molar-refractivity contribution is 0.552. The number of rotatable bonds is 5. The van der Waals surface area contributed by atoms with Gasteiger partial charge in [0.2, 0.25) is 10.0 Å². The molecule has 0 bridgehead atoms. The zero-order valence-corrected chi connectivity index (χ0v) is 11.9. The van der Waals surface area contributed by atoms with E-state index in [1.54, 1.807) is 6.07 Å². The molecule has 0 amide bonds. The summed E-state index contributed by atoms with van der Waals surface area (Å²) in [6.07, 6.45) is 1.07. The van der Waals surface area contributed by atoms with Crippen molar-refractivity contribution in [1.29, 1.82) is 0 Å². The first-order valence-electron chi connectivity index (χ1n) is 5.52. The maximum Gasteiger partial charge on any atom is 0.266 e. The summed E-state index contributed by atoms with van der Waals surface area (Å²) in [5.41, 5.74) is 0.449. The Labute approximate surface area is 114 Å². The summed E-state index contributed by atoms with van der Waals surface area (Å²) in [6, 6.07) is 6.91. The van der Waals surface area contributed by atoms with Crippen LogP contribution in [0.15, 0.2) is 34.4 Å². The zero-order chi connectivity index (χ0) is 13.9. The van der Waals surface area contributed by atoms with Crippen molar-refractivity contribution in [1.82, 2.24) is 14.5 Å². The summed E-state index contributed by atoms with van der Waals surface area (Å²) in [7, 11) is -3.25. The second-order valence-electron chi connectivity index (χ2n) is 3.92. The van der Waals surface area contributed by atoms with Gasteiger partial charge in [-0.25, -0.2) is 17.8 Å². The molecule has 0 aromatic carbocycles. The lowest BCUT2D eigenvalue weighted by atomic mass is 10.3. The molecule has 19 heavy (non-hydrogen) atoms. The third-order valence-electron chi connectivity index (χ3n) is 2.33. The first-order valence-corrected chi connectivity index (χ1v) is 8.29. The monoisotopic (exact) mass is 299 g/mol. The third-order valence-corrected chi connectivity index (χ3v) is 3.95. The van der Waals surface area contributed by atoms with Crippen LogP contribution in [0.4, 0.5) is 0 Å². The molecule has 1 N–H and O–H groups in total. The van der Waals surface area contributed by atoms with Gasteiger partial charge in [0, 0.05) is 12.6 Å². The van der Waals surface area contributed by atoms with Crippen LogP contribution >= 0.6 is 11.3 Å². The average Bonchev–Trinajstić information content (AvgIpc) is 2.83. The zero-order valence-electron chi connectivity index (χ0n) is 10.2. The lowest BCUT2D eigenvalue weighted by Gasteiger charge is -2.06. The van der Waals surface area contributed by atoms with Crippen molar-refractivity contribution in [2.24, 2.45) is 0 Å². The molecule has 0 radical (unpaired) electrons. The molecule has 0 unspecified atom stereocenters. The van der Waals surface area contributed by atoms with Crippen LogP contribution in [0.1, 0.15) is 0 Å². The van der Waals surface area contributed by atoms with E-state index in [1.165, 1.54) is 22.1 Å². The quantitative estimate of drug-likeness (QED) is 0.873. The molecule has 2 rings (SSSR count). The first-order chi connectivity index (χ1) is 8.96. The molecule has 2 heterocycles. The summed E-state index contributed by atoms with van der Waals surface area (Å²) in [6.45, 7) is 0.338. The van der Waals surface area contributed by atoms with Gasteiger partial charge in [-0.15, -0.1) is 11.3 Å². The molecule has 6 nitrogen and oxygen atoms in total. The fourth-order valence-electron chi connectivity index (χ4n) is 1.50. The Kier molecular flexibility index (Phi) is 4.13. The molecule has 0 spiro atoms. The van der Waals surface area contributed by atoms with Gasteiger partial charge in [0.1, 0.15) is 5.69 Å². The van der Waals surface area contributed by atoms with Gasteiger partial charge >= 0.3 is 0 Å². The highest BCUT2D eigenvalue weighted by molar-refractivity contribution is 7.88. The number of thiophene rings is 1. The molecule has 0 fully saturated rings. The van der Waals surface area contributed by atoms with Gasteiger partial charge < -0.3 is 0 Å². The number of hydrogen-bond donors (Lipinski definition) is 1. The Morgan fingerprint density at radius 1 is 1.37 bits per heavy atom. The minimum absolute atomic E-state index is 0.139. The Hall–Kier alpha value is -1.51. The SMILES string of the molecule is CS(=O)(=O)NCCn1nc(-c2cccs2)ccc1=O. The molecule has 102 valence electrons. The van der Waals surface area contributed by atoms with Crippen LogP contribution in [0.3, 0.4) is 0 Å². The second-order valence-corrected chi connectivity index (χ2v) is 6.70. The lowest BCUT2D eigenvalue weighted by Crippen LogP contribution is -2.31. The van der Waals surface area contributed by atoms with Crippen LogP contribution in [0.5, 0.6) is 0 Å². The molecular formula is C11H13N3O3S2. The van der Waals surface area contributed by atoms with E-state index in [0.29, 0.717) is 5.69 Å². The van der Waals surface area contributed by atoms with E-state index in [-0.39, 0.29) is 18.6 Å². The summed E-state index contributed by atoms with van der Waals surface area (Å²) >= 11 is 1.53. The molecule has 0 aliphatic heterocycles. The third kappa shape index (κ3) is 3.98. The fourth-order valence-corrected chi connectivity index (χ4v) is 2.65. The van der Waals surface area contributed by atoms with Crippen LogP contribution in [0, 0.1) is 0 Å². The van der Waals surface area contributed by atoms with Crippen molar-refractivity contribution in [3.63, 3.8) is 0 Å². The molecule has 0 saturated carbocycles. The van der Waals surface area contributed by atoms with E-state index >= 15 is 0 Å². The number of hydrogen-bond acceptors (Lipinski definition) is 5. The largest absolute Gasteiger partial charge is 0.268 e. The van der Waals surface area contributed by atoms with Crippen LogP contribution in [-0.4, -0.2) is 31.0 Å². The van der Waals surface area contributed by atoms with Gasteiger partial charge in [-0.3, -0.25) is 4.79 Å². The van der Waals surface area contributed by atoms with Crippen molar-refractivity contribution in [2.75, 3.05) is 12.8 Å². The van der Waals surface area contributed by atoms with E-state index < -0.39 is 10.0 Å². The van der Waals surface area contributed by atoms with E-state index in [1.807, 2.05) is 17.5 Å². The van der Waals surface area contributed by atoms with E-state index in [2.05, 4.69) is 9.82 Å². The van der Waals surface area contributed by atoms with Gasteiger partial charge in [-0.05, 0) is 17.5 Å². The van der Waals surface area contributed by atoms with Crippen LogP contribution < -0.4 is 10.3 Å². The minimum atomic E-state index is -3.25. The van der Waals surface area contributed by atoms with E-state index in [4.69, 9.17) is 0 Å². The molecule has 0 aliphatic rings. The van der Waals surface area contributed by atoms with Crippen LogP contribution in [-0.2, 0) is 16.6 Å². The van der Waals surface area contributed by atoms with E-state index in [0.717, 1.165) is 11.1 Å². The van der Waals surface area contributed by atoms with Crippen molar-refractivity contribution in [3.8, 4) is 10.6 Å². The molecule has 0 atom stereocenters. The number of nitrogens with one attached hydrogen (secondary N) is 1. The second kappa shape index (κ2) is 5.64. The summed E-state index contributed by atoms with van der Waals surface area (Å²) < 4.78 is 25.5. The molecule has 8 heteroatoms. The highest BCUT2D eigenvalue weighted by atomic mass is 32.2. The van der Waals surface area contributed by atoms with Gasteiger partial charge in [-0.1, -0.05) is 6.07 Å². The fraction of sp³-hybridized carbons (Fsp3) is 0.273. The molecule has 2 aromatic rings. The maximum atomic E-state index is 11.6. The first kappa shape index (κ1) is 13.9. The Morgan fingerprint density at radius 2 is 2.16 bits per heavy atom. The number of nitrogens with zero attached hydrogens (tertiary/aromatic N) is 2. The number of sulfonamides is 1. The van der Waals surface area contributed by atoms with Crippen LogP contribution in [0.2, 0.25) is 0 Å². The smallest absolute Gasteiger partial charge is 0.266 e. The van der Waals surface area contributed by atoms with Gasteiger partial charge in [-0.2, -0.15) is 5.10 Å². The predicted molar refractivity (Wildman–Crippen MR) is 74.7 cm³/mol. The topological polar surface area (TPSA) is 81.1 Å². The summed E-state index contributed by atoms with van der Waals surface area (Å²) in [4.78, 5) is 12.6. The molecule has 0 aliphatic carbocycles. The summed E-state index contributed by atoms with van der Waals surface area (Å²) in [5.74, 6) is 0. The molecule has 2 aromatic heterocycles. The minimum Gasteiger partial charge on any atom is -0.268 e. The highest BCUT2D eigenvalue weighted by Crippen LogP contribution is 2.20. The molecule has 0 saturated heterocycles. The number of aromatic nitrogens is 2. The predicted octanol–water partition coefficient (Wildman–Crippen LogP) is 0.521. The van der Waals surface area contributed by atoms with Crippen LogP contribution in [0.25, 0.3) is 10.6 Å². The Bertz CT molecular complexity index is 705. The Balaban J connectivity index is 2.16. The van der Waals surface area contributed by atoms with E-state index in [9.17, 15) is 13.2 Å². The van der Waals surface area contributed by atoms with Gasteiger partial charge in [0.05, 0.1) is 17.7 Å². The highest BCUT2D eigenvalue weighted by Gasteiger charge is 2.05. The summed E-state index contributed by atoms with van der Waals surface area (Å²) in [5, 5.41) is 6.14. The van der Waals surface area contributed by atoms with Crippen molar-refractivity contribution >= 4 is 21.4 Å². The Morgan fingerprint density at radius 3 is 2.79 bits per heavy atom. The van der Waals surface area contributed by atoms with Crippen molar-refractivity contribution in [2.45, 2.75) is 6.54 Å². The van der Waals surface area contributed by atoms with Crippen molar-refractivity contribution < 1.29 is 8.42 Å². The average molecular weight is 299 g/mol. The van der Waals surface area contributed by atoms with Gasteiger partial charge in [0.25, 0.3) is 5.56 Å². The molecular weight excluding hydrogens is 286 g/mol. The standard InChI is InChI=1S/C11H13N3O3S2/c1-19(16,17)12-6-7-14-11(15)5-4-9(13-14)10-3-2-8-18-10/h2-5,8,12H,6-7H2,1H3. The van der Waals surface area contributed by atoms with Crippen molar-refractivity contribution in [3.05, 3.63) is 40.0 Å².